The van der Waals surface area contributed by atoms with E-state index in [2.05, 4.69) is 34.9 Å². The third-order valence-corrected chi connectivity index (χ3v) is 5.15. The summed E-state index contributed by atoms with van der Waals surface area (Å²) in [7, 11) is 0. The van der Waals surface area contributed by atoms with Crippen molar-refractivity contribution in [3.05, 3.63) is 95.1 Å². The van der Waals surface area contributed by atoms with Crippen molar-refractivity contribution in [2.45, 2.75) is 26.7 Å². The van der Waals surface area contributed by atoms with Gasteiger partial charge in [-0.15, -0.1) is 0 Å². The Kier molecular flexibility index (Phi) is 10.2. The zero-order chi connectivity index (χ0) is 25.6. The summed E-state index contributed by atoms with van der Waals surface area (Å²) in [5, 5.41) is 7.88. The first kappa shape index (κ1) is 26.2. The number of benzene rings is 3. The van der Waals surface area contributed by atoms with E-state index >= 15 is 0 Å². The van der Waals surface area contributed by atoms with E-state index < -0.39 is 0 Å². The van der Waals surface area contributed by atoms with Gasteiger partial charge in [-0.3, -0.25) is 9.59 Å². The van der Waals surface area contributed by atoms with Crippen molar-refractivity contribution in [1.82, 2.24) is 10.9 Å². The predicted octanol–water partition coefficient (Wildman–Crippen LogP) is 3.87. The molecule has 3 aromatic rings. The summed E-state index contributed by atoms with van der Waals surface area (Å²) < 4.78 is 10.9. The Balaban J connectivity index is 1.35. The SMILES string of the molecule is CCc1ccc(OCC(=O)N/N=C/c2ccc(/C=N/NC(=O)COc3ccc(CC)cc3)cc2)cc1. The Morgan fingerprint density at radius 1 is 0.639 bits per heavy atom. The molecule has 0 atom stereocenters. The summed E-state index contributed by atoms with van der Waals surface area (Å²) in [4.78, 5) is 23.8. The van der Waals surface area contributed by atoms with Gasteiger partial charge in [0.2, 0.25) is 0 Å². The third kappa shape index (κ3) is 9.06. The van der Waals surface area contributed by atoms with Crippen LogP contribution in [-0.4, -0.2) is 37.5 Å². The molecule has 0 aliphatic rings. The van der Waals surface area contributed by atoms with E-state index in [4.69, 9.17) is 9.47 Å². The molecule has 0 bridgehead atoms. The zero-order valence-electron chi connectivity index (χ0n) is 20.4. The smallest absolute Gasteiger partial charge is 0.277 e. The van der Waals surface area contributed by atoms with E-state index in [-0.39, 0.29) is 25.0 Å². The van der Waals surface area contributed by atoms with E-state index in [1.54, 1.807) is 0 Å². The number of hydrazone groups is 2. The average Bonchev–Trinajstić information content (AvgIpc) is 2.92. The summed E-state index contributed by atoms with van der Waals surface area (Å²) >= 11 is 0. The van der Waals surface area contributed by atoms with Gasteiger partial charge in [-0.05, 0) is 59.4 Å². The third-order valence-electron chi connectivity index (χ3n) is 5.15. The molecule has 0 heterocycles. The number of hydrogen-bond donors (Lipinski definition) is 2. The summed E-state index contributed by atoms with van der Waals surface area (Å²) in [6, 6.07) is 22.5. The van der Waals surface area contributed by atoms with Crippen LogP contribution in [0.1, 0.15) is 36.1 Å². The maximum atomic E-state index is 11.9. The van der Waals surface area contributed by atoms with Crippen LogP contribution in [0.2, 0.25) is 0 Å². The van der Waals surface area contributed by atoms with Gasteiger partial charge in [-0.2, -0.15) is 10.2 Å². The first-order valence-electron chi connectivity index (χ1n) is 11.7. The topological polar surface area (TPSA) is 101 Å². The molecule has 0 aliphatic carbocycles. The first-order valence-corrected chi connectivity index (χ1v) is 11.7. The Labute approximate surface area is 211 Å². The number of carbonyl (C=O) groups is 2. The van der Waals surface area contributed by atoms with Gasteiger partial charge in [0, 0.05) is 0 Å². The standard InChI is InChI=1S/C28H30N4O4/c1-3-21-9-13-25(14-10-21)35-19-27(33)31-29-17-23-5-7-24(8-6-23)18-30-32-28(34)20-36-26-15-11-22(4-2)12-16-26/h5-18H,3-4,19-20H2,1-2H3,(H,31,33)(H,32,34)/b29-17+,30-18+. The lowest BCUT2D eigenvalue weighted by Crippen LogP contribution is -2.24. The first-order chi connectivity index (χ1) is 17.6. The van der Waals surface area contributed by atoms with E-state index in [0.717, 1.165) is 24.0 Å². The summed E-state index contributed by atoms with van der Waals surface area (Å²) in [6.45, 7) is 3.91. The van der Waals surface area contributed by atoms with Crippen molar-refractivity contribution in [3.8, 4) is 11.5 Å². The van der Waals surface area contributed by atoms with Crippen LogP contribution in [-0.2, 0) is 22.4 Å². The number of aryl methyl sites for hydroxylation is 2. The van der Waals surface area contributed by atoms with E-state index in [1.807, 2.05) is 72.8 Å². The molecule has 36 heavy (non-hydrogen) atoms. The van der Waals surface area contributed by atoms with Gasteiger partial charge in [0.15, 0.2) is 13.2 Å². The fourth-order valence-electron chi connectivity index (χ4n) is 3.03. The largest absolute Gasteiger partial charge is 0.484 e. The molecule has 0 fully saturated rings. The fourth-order valence-corrected chi connectivity index (χ4v) is 3.03. The minimum atomic E-state index is -0.354. The zero-order valence-corrected chi connectivity index (χ0v) is 20.4. The molecule has 8 nitrogen and oxygen atoms in total. The molecule has 2 N–H and O–H groups in total. The minimum absolute atomic E-state index is 0.125. The van der Waals surface area contributed by atoms with Crippen LogP contribution >= 0.6 is 0 Å². The van der Waals surface area contributed by atoms with Crippen LogP contribution in [0.5, 0.6) is 11.5 Å². The van der Waals surface area contributed by atoms with E-state index in [9.17, 15) is 9.59 Å². The molecular formula is C28H30N4O4. The molecule has 0 aromatic heterocycles. The van der Waals surface area contributed by atoms with Gasteiger partial charge >= 0.3 is 0 Å². The molecule has 186 valence electrons. The molecule has 3 aromatic carbocycles. The Bertz CT molecular complexity index is 1080. The summed E-state index contributed by atoms with van der Waals surface area (Å²) in [6.07, 6.45) is 4.95. The molecule has 0 unspecified atom stereocenters. The monoisotopic (exact) mass is 486 g/mol. The van der Waals surface area contributed by atoms with Crippen LogP contribution in [0.15, 0.2) is 83.0 Å². The molecule has 0 spiro atoms. The van der Waals surface area contributed by atoms with Crippen LogP contribution in [0, 0.1) is 0 Å². The molecule has 0 saturated heterocycles. The number of ether oxygens (including phenoxy) is 2. The number of hydrogen-bond acceptors (Lipinski definition) is 6. The number of nitrogens with zero attached hydrogens (tertiary/aromatic N) is 2. The number of carbonyl (C=O) groups excluding carboxylic acids is 2. The second-order valence-corrected chi connectivity index (χ2v) is 7.83. The molecule has 0 aliphatic heterocycles. The fraction of sp³-hybridized carbons (Fsp3) is 0.214. The average molecular weight is 487 g/mol. The van der Waals surface area contributed by atoms with Crippen molar-refractivity contribution in [2.75, 3.05) is 13.2 Å². The maximum Gasteiger partial charge on any atom is 0.277 e. The molecule has 3 rings (SSSR count). The Morgan fingerprint density at radius 3 is 1.33 bits per heavy atom. The molecule has 8 heteroatoms. The second kappa shape index (κ2) is 14.1. The highest BCUT2D eigenvalue weighted by Gasteiger charge is 2.03. The summed E-state index contributed by atoms with van der Waals surface area (Å²) in [5.41, 5.74) is 8.85. The van der Waals surface area contributed by atoms with Crippen LogP contribution < -0.4 is 20.3 Å². The predicted molar refractivity (Wildman–Crippen MR) is 141 cm³/mol. The molecule has 0 saturated carbocycles. The number of rotatable bonds is 12. The quantitative estimate of drug-likeness (QED) is 0.300. The lowest BCUT2D eigenvalue weighted by Gasteiger charge is -2.05. The highest BCUT2D eigenvalue weighted by atomic mass is 16.5. The van der Waals surface area contributed by atoms with E-state index in [0.29, 0.717) is 11.5 Å². The van der Waals surface area contributed by atoms with Crippen LogP contribution in [0.3, 0.4) is 0 Å². The van der Waals surface area contributed by atoms with Crippen molar-refractivity contribution < 1.29 is 19.1 Å². The lowest BCUT2D eigenvalue weighted by atomic mass is 10.2. The number of amides is 2. The Hall–Kier alpha value is -4.46. The van der Waals surface area contributed by atoms with Gasteiger partial charge in [-0.1, -0.05) is 62.4 Å². The molecule has 2 amide bonds. The van der Waals surface area contributed by atoms with Crippen molar-refractivity contribution in [1.29, 1.82) is 0 Å². The molecule has 0 radical (unpaired) electrons. The maximum absolute atomic E-state index is 11.9. The highest BCUT2D eigenvalue weighted by Crippen LogP contribution is 2.13. The van der Waals surface area contributed by atoms with Crippen molar-refractivity contribution >= 4 is 24.2 Å². The van der Waals surface area contributed by atoms with E-state index in [1.165, 1.54) is 23.6 Å². The van der Waals surface area contributed by atoms with Gasteiger partial charge in [0.25, 0.3) is 11.8 Å². The summed E-state index contributed by atoms with van der Waals surface area (Å²) in [5.74, 6) is 0.558. The van der Waals surface area contributed by atoms with Crippen LogP contribution in [0.25, 0.3) is 0 Å². The van der Waals surface area contributed by atoms with Gasteiger partial charge < -0.3 is 9.47 Å². The lowest BCUT2D eigenvalue weighted by molar-refractivity contribution is -0.123. The molecular weight excluding hydrogens is 456 g/mol. The van der Waals surface area contributed by atoms with Crippen LogP contribution in [0.4, 0.5) is 0 Å². The van der Waals surface area contributed by atoms with Crippen molar-refractivity contribution in [2.24, 2.45) is 10.2 Å². The normalized spacial score (nSPS) is 10.9. The second-order valence-electron chi connectivity index (χ2n) is 7.83. The Morgan fingerprint density at radius 2 is 1.00 bits per heavy atom. The van der Waals surface area contributed by atoms with Gasteiger partial charge in [-0.25, -0.2) is 10.9 Å². The van der Waals surface area contributed by atoms with Crippen molar-refractivity contribution in [3.63, 3.8) is 0 Å². The number of nitrogens with one attached hydrogen (secondary N) is 2. The van der Waals surface area contributed by atoms with Gasteiger partial charge in [0.05, 0.1) is 12.4 Å². The highest BCUT2D eigenvalue weighted by molar-refractivity contribution is 5.86. The van der Waals surface area contributed by atoms with Gasteiger partial charge in [0.1, 0.15) is 11.5 Å². The minimum Gasteiger partial charge on any atom is -0.484 e.